The number of allylic oxidation sites excluding steroid dienone is 1. The monoisotopic (exact) mass is 472 g/mol. The summed E-state index contributed by atoms with van der Waals surface area (Å²) >= 11 is 6.44. The van der Waals surface area contributed by atoms with E-state index >= 15 is 8.78 Å². The highest BCUT2D eigenvalue weighted by molar-refractivity contribution is 6.33. The zero-order valence-corrected chi connectivity index (χ0v) is 19.8. The smallest absolute Gasteiger partial charge is 0.255 e. The van der Waals surface area contributed by atoms with Gasteiger partial charge in [-0.1, -0.05) is 44.5 Å². The standard InChI is InChI=1S/C24H27ClF2N6/c1-12(2)13(3)31-22-20(21(25)32-23-29-11-30-33(22)23)19-17(26)7-14(8-18(19)27)5-6-15-16-9-28-10-24(15,16)4/h5-8,11-13,15-16,28,31H,9-10H2,1-4H3/b6-5+/t13-,15+,16+,24-/m1/s1. The summed E-state index contributed by atoms with van der Waals surface area (Å²) in [5, 5.41) is 10.8. The van der Waals surface area contributed by atoms with Crippen LogP contribution in [0.25, 0.3) is 23.0 Å². The maximum absolute atomic E-state index is 15.4. The van der Waals surface area contributed by atoms with Gasteiger partial charge in [0.25, 0.3) is 5.78 Å². The third kappa shape index (κ3) is 3.69. The van der Waals surface area contributed by atoms with Crippen molar-refractivity contribution in [3.05, 3.63) is 46.9 Å². The maximum Gasteiger partial charge on any atom is 0.255 e. The lowest BCUT2D eigenvalue weighted by molar-refractivity contribution is 0.538. The van der Waals surface area contributed by atoms with E-state index in [1.807, 2.05) is 26.8 Å². The van der Waals surface area contributed by atoms with Crippen LogP contribution in [0.3, 0.4) is 0 Å². The molecule has 1 aliphatic heterocycles. The summed E-state index contributed by atoms with van der Waals surface area (Å²) in [7, 11) is 0. The van der Waals surface area contributed by atoms with Gasteiger partial charge in [-0.25, -0.2) is 8.78 Å². The van der Waals surface area contributed by atoms with E-state index in [-0.39, 0.29) is 39.4 Å². The molecule has 6 nitrogen and oxygen atoms in total. The van der Waals surface area contributed by atoms with Gasteiger partial charge < -0.3 is 10.6 Å². The summed E-state index contributed by atoms with van der Waals surface area (Å²) in [5.74, 6) is 0.481. The van der Waals surface area contributed by atoms with Crippen molar-refractivity contribution in [2.24, 2.45) is 23.2 Å². The predicted molar refractivity (Wildman–Crippen MR) is 126 cm³/mol. The Labute approximate surface area is 196 Å². The minimum atomic E-state index is -0.707. The fraction of sp³-hybridized carbons (Fsp3) is 0.458. The molecule has 2 aromatic heterocycles. The van der Waals surface area contributed by atoms with Gasteiger partial charge in [0.15, 0.2) is 0 Å². The van der Waals surface area contributed by atoms with E-state index in [0.29, 0.717) is 23.2 Å². The first kappa shape index (κ1) is 22.2. The molecular formula is C24H27ClF2N6. The van der Waals surface area contributed by atoms with Crippen molar-refractivity contribution in [2.75, 3.05) is 18.4 Å². The first-order valence-corrected chi connectivity index (χ1v) is 11.6. The number of fused-ring (bicyclic) bond motifs is 2. The molecule has 9 heteroatoms. The van der Waals surface area contributed by atoms with Crippen LogP contribution in [0.4, 0.5) is 14.6 Å². The zero-order valence-electron chi connectivity index (χ0n) is 19.0. The molecule has 0 amide bonds. The largest absolute Gasteiger partial charge is 0.367 e. The van der Waals surface area contributed by atoms with Gasteiger partial charge in [0, 0.05) is 12.6 Å². The van der Waals surface area contributed by atoms with E-state index in [4.69, 9.17) is 11.6 Å². The average Bonchev–Trinajstić information content (AvgIpc) is 3.09. The first-order chi connectivity index (χ1) is 15.7. The fourth-order valence-electron chi connectivity index (χ4n) is 4.86. The molecule has 0 spiro atoms. The van der Waals surface area contributed by atoms with Crippen molar-refractivity contribution in [3.63, 3.8) is 0 Å². The van der Waals surface area contributed by atoms with Crippen LogP contribution >= 0.6 is 11.6 Å². The summed E-state index contributed by atoms with van der Waals surface area (Å²) in [6, 6.07) is 2.66. The third-order valence-corrected chi connectivity index (χ3v) is 7.63. The van der Waals surface area contributed by atoms with E-state index in [2.05, 4.69) is 38.7 Å². The van der Waals surface area contributed by atoms with Gasteiger partial charge in [-0.15, -0.1) is 0 Å². The molecule has 4 atom stereocenters. The molecule has 1 saturated heterocycles. The number of halogens is 3. The second kappa shape index (κ2) is 8.02. The molecule has 0 bridgehead atoms. The van der Waals surface area contributed by atoms with Crippen molar-refractivity contribution in [2.45, 2.75) is 33.7 Å². The Morgan fingerprint density at radius 3 is 2.61 bits per heavy atom. The Bertz CT molecular complexity index is 1230. The Hall–Kier alpha value is -2.58. The van der Waals surface area contributed by atoms with Crippen molar-refractivity contribution in [1.82, 2.24) is 24.9 Å². The molecule has 3 aromatic rings. The number of hydrogen-bond donors (Lipinski definition) is 2. The second-order valence-electron chi connectivity index (χ2n) is 9.76. The van der Waals surface area contributed by atoms with Crippen LogP contribution in [-0.2, 0) is 0 Å². The number of aromatic nitrogens is 4. The van der Waals surface area contributed by atoms with Crippen molar-refractivity contribution < 1.29 is 8.78 Å². The minimum absolute atomic E-state index is 0.0169. The maximum atomic E-state index is 15.4. The summed E-state index contributed by atoms with van der Waals surface area (Å²) in [5.41, 5.74) is 0.627. The van der Waals surface area contributed by atoms with Crippen molar-refractivity contribution in [3.8, 4) is 11.1 Å². The lowest BCUT2D eigenvalue weighted by Gasteiger charge is -2.22. The third-order valence-electron chi connectivity index (χ3n) is 7.36. The molecule has 5 rings (SSSR count). The Morgan fingerprint density at radius 1 is 1.24 bits per heavy atom. The molecule has 0 unspecified atom stereocenters. The predicted octanol–water partition coefficient (Wildman–Crippen LogP) is 5.05. The van der Waals surface area contributed by atoms with E-state index in [1.54, 1.807) is 0 Å². The molecule has 2 fully saturated rings. The van der Waals surface area contributed by atoms with Crippen LogP contribution in [0.5, 0.6) is 0 Å². The van der Waals surface area contributed by atoms with Crippen LogP contribution in [0.1, 0.15) is 33.3 Å². The SMILES string of the molecule is CC(C)[C@@H](C)Nc1c(-c2c(F)cc(/C=C/[C@H]3[C@@H]4CNC[C@]34C)cc2F)c(Cl)nc2ncnn12. The topological polar surface area (TPSA) is 67.1 Å². The van der Waals surface area contributed by atoms with Crippen LogP contribution < -0.4 is 10.6 Å². The average molecular weight is 473 g/mol. The molecule has 1 aliphatic carbocycles. The fourth-order valence-corrected chi connectivity index (χ4v) is 5.12. The highest BCUT2D eigenvalue weighted by Gasteiger charge is 2.61. The van der Waals surface area contributed by atoms with Crippen molar-refractivity contribution >= 4 is 29.3 Å². The zero-order chi connectivity index (χ0) is 23.5. The number of hydrogen-bond acceptors (Lipinski definition) is 5. The van der Waals surface area contributed by atoms with Gasteiger partial charge in [-0.2, -0.15) is 19.6 Å². The van der Waals surface area contributed by atoms with E-state index in [9.17, 15) is 0 Å². The number of anilines is 1. The quantitative estimate of drug-likeness (QED) is 0.491. The van der Waals surface area contributed by atoms with Crippen LogP contribution in [0.2, 0.25) is 5.15 Å². The summed E-state index contributed by atoms with van der Waals surface area (Å²) < 4.78 is 32.2. The van der Waals surface area contributed by atoms with Gasteiger partial charge in [0.2, 0.25) is 0 Å². The number of benzene rings is 1. The Balaban J connectivity index is 1.55. The first-order valence-electron chi connectivity index (χ1n) is 11.2. The lowest BCUT2D eigenvalue weighted by Crippen LogP contribution is -2.24. The molecule has 33 heavy (non-hydrogen) atoms. The highest BCUT2D eigenvalue weighted by atomic mass is 35.5. The molecule has 0 radical (unpaired) electrons. The van der Waals surface area contributed by atoms with Gasteiger partial charge >= 0.3 is 0 Å². The van der Waals surface area contributed by atoms with Crippen LogP contribution in [0.15, 0.2) is 24.5 Å². The molecule has 1 saturated carbocycles. The number of rotatable bonds is 6. The molecule has 1 aromatic carbocycles. The minimum Gasteiger partial charge on any atom is -0.367 e. The summed E-state index contributed by atoms with van der Waals surface area (Å²) in [4.78, 5) is 8.28. The van der Waals surface area contributed by atoms with Gasteiger partial charge in [0.1, 0.15) is 28.9 Å². The summed E-state index contributed by atoms with van der Waals surface area (Å²) in [6.45, 7) is 10.3. The lowest BCUT2D eigenvalue weighted by atomic mass is 10.0. The Kier molecular flexibility index (Phi) is 5.40. The number of nitrogens with one attached hydrogen (secondary N) is 2. The number of piperidine rings is 1. The highest BCUT2D eigenvalue weighted by Crippen LogP contribution is 2.61. The molecule has 174 valence electrons. The molecule has 2 aliphatic rings. The van der Waals surface area contributed by atoms with Gasteiger partial charge in [-0.05, 0) is 54.3 Å². The van der Waals surface area contributed by atoms with Gasteiger partial charge in [-0.3, -0.25) is 0 Å². The normalized spacial score (nSPS) is 25.2. The Morgan fingerprint density at radius 2 is 1.97 bits per heavy atom. The van der Waals surface area contributed by atoms with E-state index in [1.165, 1.54) is 23.0 Å². The second-order valence-corrected chi connectivity index (χ2v) is 10.1. The van der Waals surface area contributed by atoms with Gasteiger partial charge in [0.05, 0.1) is 11.1 Å². The summed E-state index contributed by atoms with van der Waals surface area (Å²) in [6.07, 6.45) is 5.22. The van der Waals surface area contributed by atoms with E-state index in [0.717, 1.165) is 13.1 Å². The number of nitrogens with zero attached hydrogens (tertiary/aromatic N) is 4. The van der Waals surface area contributed by atoms with Crippen LogP contribution in [0, 0.1) is 34.8 Å². The molecule has 3 heterocycles. The molecular weight excluding hydrogens is 446 g/mol. The van der Waals surface area contributed by atoms with Crippen LogP contribution in [-0.4, -0.2) is 38.7 Å². The van der Waals surface area contributed by atoms with Crippen molar-refractivity contribution in [1.29, 1.82) is 0 Å². The molecule has 2 N–H and O–H groups in total. The van der Waals surface area contributed by atoms with E-state index < -0.39 is 11.6 Å².